The van der Waals surface area contributed by atoms with Crippen molar-refractivity contribution >= 4 is 0 Å². The second kappa shape index (κ2) is 5.44. The van der Waals surface area contributed by atoms with Gasteiger partial charge in [0.1, 0.15) is 0 Å². The Morgan fingerprint density at radius 3 is 2.62 bits per heavy atom. The summed E-state index contributed by atoms with van der Waals surface area (Å²) in [5.41, 5.74) is 0.271. The summed E-state index contributed by atoms with van der Waals surface area (Å²) in [5.74, 6) is 2.58. The van der Waals surface area contributed by atoms with Crippen LogP contribution >= 0.6 is 0 Å². The van der Waals surface area contributed by atoms with Crippen molar-refractivity contribution in [2.75, 3.05) is 0 Å². The first-order valence-electron chi connectivity index (χ1n) is 7.96. The van der Waals surface area contributed by atoms with Crippen molar-refractivity contribution in [3.05, 3.63) is 32.6 Å². The molecule has 4 unspecified atom stereocenters. The lowest BCUT2D eigenvalue weighted by molar-refractivity contribution is 0.258. The van der Waals surface area contributed by atoms with Crippen molar-refractivity contribution in [3.63, 3.8) is 0 Å². The van der Waals surface area contributed by atoms with E-state index in [0.29, 0.717) is 12.6 Å². The summed E-state index contributed by atoms with van der Waals surface area (Å²) >= 11 is 0. The molecule has 0 saturated heterocycles. The van der Waals surface area contributed by atoms with Crippen LogP contribution in [0.3, 0.4) is 0 Å². The minimum atomic E-state index is -0.258. The molecule has 0 radical (unpaired) electrons. The van der Waals surface area contributed by atoms with E-state index in [1.807, 2.05) is 0 Å². The maximum Gasteiger partial charge on any atom is 0.330 e. The topological polar surface area (TPSA) is 56.0 Å². The number of aromatic nitrogens is 2. The molecule has 1 aromatic rings. The summed E-state index contributed by atoms with van der Waals surface area (Å²) in [6, 6.07) is 2.00. The van der Waals surface area contributed by atoms with Crippen LogP contribution in [-0.2, 0) is 20.6 Å². The number of nitrogens with zero attached hydrogens (tertiary/aromatic N) is 2. The lowest BCUT2D eigenvalue weighted by atomic mass is 9.84. The minimum Gasteiger partial charge on any atom is -0.308 e. The number of nitrogens with one attached hydrogen (secondary N) is 1. The highest BCUT2D eigenvalue weighted by Gasteiger charge is 2.41. The first-order chi connectivity index (χ1) is 9.97. The van der Waals surface area contributed by atoms with E-state index in [2.05, 4.69) is 12.2 Å². The van der Waals surface area contributed by atoms with E-state index in [1.54, 1.807) is 17.7 Å². The van der Waals surface area contributed by atoms with E-state index >= 15 is 0 Å². The number of rotatable bonds is 4. The smallest absolute Gasteiger partial charge is 0.308 e. The van der Waals surface area contributed by atoms with Crippen molar-refractivity contribution in [2.24, 2.45) is 31.8 Å². The van der Waals surface area contributed by atoms with Gasteiger partial charge in [0.05, 0.1) is 0 Å². The first-order valence-corrected chi connectivity index (χ1v) is 7.96. The minimum absolute atomic E-state index is 0.234. The van der Waals surface area contributed by atoms with Crippen molar-refractivity contribution < 1.29 is 0 Å². The molecular weight excluding hydrogens is 266 g/mol. The maximum absolute atomic E-state index is 11.9. The zero-order valence-corrected chi connectivity index (χ0v) is 13.1. The van der Waals surface area contributed by atoms with Crippen molar-refractivity contribution in [2.45, 2.75) is 45.2 Å². The molecule has 2 saturated carbocycles. The maximum atomic E-state index is 11.9. The Kier molecular flexibility index (Phi) is 3.78. The van der Waals surface area contributed by atoms with Gasteiger partial charge in [-0.25, -0.2) is 4.79 Å². The lowest BCUT2D eigenvalue weighted by Crippen LogP contribution is -2.41. The lowest BCUT2D eigenvalue weighted by Gasteiger charge is -2.28. The van der Waals surface area contributed by atoms with Gasteiger partial charge in [-0.05, 0) is 43.9 Å². The summed E-state index contributed by atoms with van der Waals surface area (Å²) in [7, 11) is 3.24. The van der Waals surface area contributed by atoms with Crippen molar-refractivity contribution in [1.29, 1.82) is 0 Å². The summed E-state index contributed by atoms with van der Waals surface area (Å²) in [4.78, 5) is 23.7. The van der Waals surface area contributed by atoms with Crippen molar-refractivity contribution in [3.8, 4) is 0 Å². The van der Waals surface area contributed by atoms with E-state index in [-0.39, 0.29) is 11.2 Å². The fourth-order valence-corrected chi connectivity index (χ4v) is 4.27. The molecule has 2 aliphatic rings. The largest absolute Gasteiger partial charge is 0.330 e. The molecule has 1 N–H and O–H groups in total. The van der Waals surface area contributed by atoms with E-state index in [9.17, 15) is 9.59 Å². The Labute approximate surface area is 125 Å². The van der Waals surface area contributed by atoms with Crippen LogP contribution in [0.25, 0.3) is 0 Å². The molecular formula is C16H25N3O2. The average Bonchev–Trinajstić information content (AvgIpc) is 3.10. The number of fused-ring (bicyclic) bond motifs is 2. The fourth-order valence-electron chi connectivity index (χ4n) is 4.27. The molecule has 1 aromatic heterocycles. The van der Waals surface area contributed by atoms with Crippen LogP contribution in [0.4, 0.5) is 0 Å². The number of hydrogen-bond acceptors (Lipinski definition) is 3. The summed E-state index contributed by atoms with van der Waals surface area (Å²) in [6.07, 6.45) is 5.54. The molecule has 5 nitrogen and oxygen atoms in total. The Morgan fingerprint density at radius 1 is 1.24 bits per heavy atom. The third-order valence-corrected chi connectivity index (χ3v) is 5.67. The van der Waals surface area contributed by atoms with Gasteiger partial charge in [-0.1, -0.05) is 6.42 Å². The van der Waals surface area contributed by atoms with Crippen LogP contribution in [0.15, 0.2) is 15.7 Å². The molecule has 0 spiro atoms. The molecule has 0 amide bonds. The molecule has 2 fully saturated rings. The zero-order chi connectivity index (χ0) is 15.1. The van der Waals surface area contributed by atoms with Gasteiger partial charge in [-0.3, -0.25) is 13.9 Å². The Balaban J connectivity index is 1.68. The average molecular weight is 291 g/mol. The predicted molar refractivity (Wildman–Crippen MR) is 82.2 cm³/mol. The molecule has 2 aliphatic carbocycles. The molecule has 2 bridgehead atoms. The number of hydrogen-bond donors (Lipinski definition) is 1. The Bertz CT molecular complexity index is 646. The van der Waals surface area contributed by atoms with Gasteiger partial charge in [0.15, 0.2) is 0 Å². The fraction of sp³-hybridized carbons (Fsp3) is 0.750. The molecule has 116 valence electrons. The highest BCUT2D eigenvalue weighted by Crippen LogP contribution is 2.49. The van der Waals surface area contributed by atoms with Gasteiger partial charge >= 0.3 is 5.69 Å². The SMILES string of the molecule is CC(NCc1cc(=O)n(C)c(=O)n1C)C1CC2CCC1C2. The van der Waals surface area contributed by atoms with Crippen LogP contribution in [0.1, 0.15) is 38.3 Å². The molecule has 21 heavy (non-hydrogen) atoms. The van der Waals surface area contributed by atoms with E-state index in [4.69, 9.17) is 0 Å². The van der Waals surface area contributed by atoms with E-state index in [1.165, 1.54) is 32.7 Å². The highest BCUT2D eigenvalue weighted by molar-refractivity contribution is 5.03. The zero-order valence-electron chi connectivity index (χ0n) is 13.1. The monoisotopic (exact) mass is 291 g/mol. The molecule has 0 aromatic carbocycles. The van der Waals surface area contributed by atoms with Crippen LogP contribution in [0.5, 0.6) is 0 Å². The van der Waals surface area contributed by atoms with Crippen LogP contribution in [0.2, 0.25) is 0 Å². The van der Waals surface area contributed by atoms with Crippen LogP contribution in [0, 0.1) is 17.8 Å². The second-order valence-electron chi connectivity index (χ2n) is 6.88. The first kappa shape index (κ1) is 14.6. The standard InChI is InChI=1S/C16H25N3O2/c1-10(14-7-11-4-5-12(14)6-11)17-9-13-8-15(20)19(3)16(21)18(13)2/h8,10-12,14,17H,4-7,9H2,1-3H3. The molecule has 0 aliphatic heterocycles. The highest BCUT2D eigenvalue weighted by atomic mass is 16.2. The third-order valence-electron chi connectivity index (χ3n) is 5.67. The van der Waals surface area contributed by atoms with Gasteiger partial charge in [0.2, 0.25) is 0 Å². The Morgan fingerprint density at radius 2 is 2.00 bits per heavy atom. The van der Waals surface area contributed by atoms with Crippen molar-refractivity contribution in [1.82, 2.24) is 14.5 Å². The van der Waals surface area contributed by atoms with Crippen LogP contribution < -0.4 is 16.6 Å². The van der Waals surface area contributed by atoms with Gasteiger partial charge in [-0.15, -0.1) is 0 Å². The van der Waals surface area contributed by atoms with Gasteiger partial charge in [-0.2, -0.15) is 0 Å². The molecule has 5 heteroatoms. The quantitative estimate of drug-likeness (QED) is 0.900. The third kappa shape index (κ3) is 2.59. The molecule has 1 heterocycles. The van der Waals surface area contributed by atoms with Crippen LogP contribution in [-0.4, -0.2) is 15.2 Å². The normalized spacial score (nSPS) is 29.0. The summed E-state index contributed by atoms with van der Waals surface area (Å²) < 4.78 is 2.70. The molecule has 4 atom stereocenters. The summed E-state index contributed by atoms with van der Waals surface area (Å²) in [5, 5.41) is 3.53. The van der Waals surface area contributed by atoms with Gasteiger partial charge in [0, 0.05) is 38.4 Å². The Hall–Kier alpha value is -1.36. The molecule has 3 rings (SSSR count). The van der Waals surface area contributed by atoms with Gasteiger partial charge in [0.25, 0.3) is 5.56 Å². The predicted octanol–water partition coefficient (Wildman–Crippen LogP) is 0.998. The van der Waals surface area contributed by atoms with E-state index < -0.39 is 0 Å². The van der Waals surface area contributed by atoms with Gasteiger partial charge < -0.3 is 5.32 Å². The second-order valence-corrected chi connectivity index (χ2v) is 6.88. The van der Waals surface area contributed by atoms with E-state index in [0.717, 1.165) is 28.0 Å². The summed E-state index contributed by atoms with van der Waals surface area (Å²) in [6.45, 7) is 2.82.